The summed E-state index contributed by atoms with van der Waals surface area (Å²) in [4.78, 5) is 30.8. The number of aromatic nitrogens is 2. The van der Waals surface area contributed by atoms with Gasteiger partial charge in [0.05, 0.1) is 36.8 Å². The lowest BCUT2D eigenvalue weighted by molar-refractivity contribution is -0.128. The Morgan fingerprint density at radius 1 is 1.19 bits per heavy atom. The Hall–Kier alpha value is -3.78. The number of benzene rings is 1. The third-order valence-electron chi connectivity index (χ3n) is 9.33. The smallest absolute Gasteiger partial charge is 0.246 e. The molecule has 1 aromatic heterocycles. The number of piperazine rings is 1. The summed E-state index contributed by atoms with van der Waals surface area (Å²) in [5.41, 5.74) is 4.17. The molecule has 6 rings (SSSR count). The average molecular weight is 577 g/mol. The van der Waals surface area contributed by atoms with Gasteiger partial charge in [-0.3, -0.25) is 4.79 Å². The van der Waals surface area contributed by atoms with Crippen LogP contribution < -0.4 is 20.0 Å². The first kappa shape index (κ1) is 28.3. The standard InChI is InChI=1S/C31H38F2N8O/c1-3-29(42)41-14-13-38(17-23(41)10-11-34)30-24-9-8-22(40-12-4-5-20-6-7-21(32)15-28(20)40)16-26(24)36-31(37-30)39-18-25(33)27(19-39)35-2/h3,6-7,15,22-23,25,27,35H,1,4-5,8-10,12-14,16-19H2,2H3/t22-,23+,25?,27?/m1/s1. The maximum absolute atomic E-state index is 14.8. The fourth-order valence-corrected chi connectivity index (χ4v) is 7.12. The van der Waals surface area contributed by atoms with Crippen LogP contribution in [0.5, 0.6) is 0 Å². The summed E-state index contributed by atoms with van der Waals surface area (Å²) >= 11 is 0. The molecule has 0 saturated carbocycles. The molecule has 2 saturated heterocycles. The highest BCUT2D eigenvalue weighted by molar-refractivity contribution is 5.87. The number of hydrogen-bond donors (Lipinski definition) is 1. The first-order valence-electron chi connectivity index (χ1n) is 15.0. The van der Waals surface area contributed by atoms with Gasteiger partial charge in [0.2, 0.25) is 11.9 Å². The highest BCUT2D eigenvalue weighted by Crippen LogP contribution is 2.37. The Labute approximate surface area is 245 Å². The van der Waals surface area contributed by atoms with Gasteiger partial charge in [-0.25, -0.2) is 13.8 Å². The molecule has 222 valence electrons. The number of aryl methyl sites for hydroxylation is 1. The van der Waals surface area contributed by atoms with Crippen molar-refractivity contribution in [2.75, 3.05) is 61.0 Å². The summed E-state index contributed by atoms with van der Waals surface area (Å²) in [6.07, 6.45) is 4.78. The van der Waals surface area contributed by atoms with Crippen LogP contribution in [0.4, 0.5) is 26.2 Å². The van der Waals surface area contributed by atoms with Crippen LogP contribution >= 0.6 is 0 Å². The van der Waals surface area contributed by atoms with Crippen molar-refractivity contribution in [1.29, 1.82) is 5.26 Å². The fraction of sp³-hybridized carbons (Fsp3) is 0.548. The van der Waals surface area contributed by atoms with E-state index in [-0.39, 0.29) is 42.8 Å². The van der Waals surface area contributed by atoms with Crippen molar-refractivity contribution >= 4 is 23.4 Å². The number of hydrogen-bond acceptors (Lipinski definition) is 8. The second-order valence-corrected chi connectivity index (χ2v) is 11.8. The number of fused-ring (bicyclic) bond motifs is 2. The maximum atomic E-state index is 14.8. The molecular weight excluding hydrogens is 538 g/mol. The van der Waals surface area contributed by atoms with E-state index < -0.39 is 6.17 Å². The molecule has 4 aliphatic rings. The zero-order valence-corrected chi connectivity index (χ0v) is 24.1. The van der Waals surface area contributed by atoms with Gasteiger partial charge >= 0.3 is 0 Å². The lowest BCUT2D eigenvalue weighted by atomic mass is 9.88. The number of anilines is 3. The van der Waals surface area contributed by atoms with Crippen molar-refractivity contribution < 1.29 is 13.6 Å². The Bertz CT molecular complexity index is 1400. The predicted molar refractivity (Wildman–Crippen MR) is 158 cm³/mol. The lowest BCUT2D eigenvalue weighted by Gasteiger charge is -2.43. The van der Waals surface area contributed by atoms with Crippen LogP contribution in [-0.4, -0.2) is 91.4 Å². The van der Waals surface area contributed by atoms with Crippen LogP contribution in [0.15, 0.2) is 30.9 Å². The van der Waals surface area contributed by atoms with E-state index in [1.807, 2.05) is 11.0 Å². The molecule has 2 aromatic rings. The van der Waals surface area contributed by atoms with E-state index in [1.54, 1.807) is 24.1 Å². The van der Waals surface area contributed by atoms with E-state index in [0.717, 1.165) is 55.0 Å². The van der Waals surface area contributed by atoms with Gasteiger partial charge in [0.15, 0.2) is 0 Å². The largest absolute Gasteiger partial charge is 0.368 e. The molecule has 2 fully saturated rings. The van der Waals surface area contributed by atoms with E-state index in [4.69, 9.17) is 9.97 Å². The number of halogens is 2. The SMILES string of the molecule is C=CC(=O)N1CCN(c2nc(N3CC(F)C(NC)C3)nc3c2CC[C@@H](N2CCCc4ccc(F)cc42)C3)C[C@@H]1CC#N. The van der Waals surface area contributed by atoms with Crippen molar-refractivity contribution in [1.82, 2.24) is 20.2 Å². The summed E-state index contributed by atoms with van der Waals surface area (Å²) in [6.45, 7) is 6.69. The molecule has 1 aromatic carbocycles. The van der Waals surface area contributed by atoms with Crippen molar-refractivity contribution in [2.45, 2.75) is 62.8 Å². The zero-order valence-electron chi connectivity index (χ0n) is 24.1. The van der Waals surface area contributed by atoms with Crippen molar-refractivity contribution in [2.24, 2.45) is 0 Å². The Balaban J connectivity index is 1.35. The molecule has 1 amide bonds. The monoisotopic (exact) mass is 576 g/mol. The summed E-state index contributed by atoms with van der Waals surface area (Å²) in [5, 5.41) is 12.6. The minimum atomic E-state index is -1.03. The Morgan fingerprint density at radius 2 is 2.05 bits per heavy atom. The van der Waals surface area contributed by atoms with Crippen LogP contribution in [0.1, 0.15) is 36.1 Å². The minimum absolute atomic E-state index is 0.167. The molecular formula is C31H38F2N8O. The number of nitrogens with zero attached hydrogens (tertiary/aromatic N) is 7. The first-order chi connectivity index (χ1) is 20.4. The molecule has 2 unspecified atom stereocenters. The number of nitrogens with one attached hydrogen (secondary N) is 1. The molecule has 3 aliphatic heterocycles. The van der Waals surface area contributed by atoms with Crippen molar-refractivity contribution in [3.63, 3.8) is 0 Å². The van der Waals surface area contributed by atoms with E-state index in [2.05, 4.69) is 27.8 Å². The fourth-order valence-electron chi connectivity index (χ4n) is 7.12. The van der Waals surface area contributed by atoms with Crippen molar-refractivity contribution in [3.05, 3.63) is 53.5 Å². The van der Waals surface area contributed by atoms with Gasteiger partial charge in [0.25, 0.3) is 0 Å². The lowest BCUT2D eigenvalue weighted by Crippen LogP contribution is -2.55. The van der Waals surface area contributed by atoms with Gasteiger partial charge in [-0.15, -0.1) is 0 Å². The van der Waals surface area contributed by atoms with Gasteiger partial charge in [0, 0.05) is 56.4 Å². The number of nitriles is 1. The maximum Gasteiger partial charge on any atom is 0.246 e. The number of likely N-dealkylation sites (N-methyl/N-ethyl adjacent to an activating group) is 1. The second kappa shape index (κ2) is 11.8. The number of alkyl halides is 1. The zero-order chi connectivity index (χ0) is 29.4. The topological polar surface area (TPSA) is 91.6 Å². The van der Waals surface area contributed by atoms with Crippen LogP contribution in [-0.2, 0) is 24.1 Å². The summed E-state index contributed by atoms with van der Waals surface area (Å²) in [7, 11) is 1.77. The summed E-state index contributed by atoms with van der Waals surface area (Å²) in [6, 6.07) is 6.92. The minimum Gasteiger partial charge on any atom is -0.368 e. The van der Waals surface area contributed by atoms with Crippen LogP contribution in [0.3, 0.4) is 0 Å². The van der Waals surface area contributed by atoms with E-state index in [0.29, 0.717) is 38.5 Å². The molecule has 0 bridgehead atoms. The molecule has 1 aliphatic carbocycles. The Morgan fingerprint density at radius 3 is 2.81 bits per heavy atom. The van der Waals surface area contributed by atoms with Gasteiger partial charge in [-0.2, -0.15) is 10.2 Å². The van der Waals surface area contributed by atoms with E-state index in [1.165, 1.54) is 11.6 Å². The van der Waals surface area contributed by atoms with Crippen molar-refractivity contribution in [3.8, 4) is 6.07 Å². The molecule has 1 N–H and O–H groups in total. The highest BCUT2D eigenvalue weighted by atomic mass is 19.1. The number of rotatable bonds is 6. The van der Waals surface area contributed by atoms with E-state index >= 15 is 0 Å². The number of carbonyl (C=O) groups is 1. The third kappa shape index (κ3) is 5.28. The summed E-state index contributed by atoms with van der Waals surface area (Å²) < 4.78 is 29.1. The second-order valence-electron chi connectivity index (χ2n) is 11.8. The average Bonchev–Trinajstić information content (AvgIpc) is 3.40. The van der Waals surface area contributed by atoms with Gasteiger partial charge in [-0.05, 0) is 56.5 Å². The highest BCUT2D eigenvalue weighted by Gasteiger charge is 2.38. The number of carbonyl (C=O) groups excluding carboxylic acids is 1. The van der Waals surface area contributed by atoms with Gasteiger partial charge in [0.1, 0.15) is 17.8 Å². The summed E-state index contributed by atoms with van der Waals surface area (Å²) in [5.74, 6) is 0.927. The van der Waals surface area contributed by atoms with E-state index in [9.17, 15) is 18.8 Å². The normalized spacial score (nSPS) is 25.6. The molecule has 42 heavy (non-hydrogen) atoms. The van der Waals surface area contributed by atoms with Crippen LogP contribution in [0.25, 0.3) is 0 Å². The molecule has 0 radical (unpaired) electrons. The first-order valence-corrected chi connectivity index (χ1v) is 15.0. The molecule has 4 atom stereocenters. The molecule has 11 heteroatoms. The molecule has 0 spiro atoms. The quantitative estimate of drug-likeness (QED) is 0.525. The van der Waals surface area contributed by atoms with Crippen LogP contribution in [0, 0.1) is 17.1 Å². The van der Waals surface area contributed by atoms with Gasteiger partial charge in [-0.1, -0.05) is 12.6 Å². The van der Waals surface area contributed by atoms with Crippen LogP contribution in [0.2, 0.25) is 0 Å². The Kier molecular flexibility index (Phi) is 7.99. The van der Waals surface area contributed by atoms with Gasteiger partial charge < -0.3 is 24.9 Å². The predicted octanol–water partition coefficient (Wildman–Crippen LogP) is 2.79. The third-order valence-corrected chi connectivity index (χ3v) is 9.33. The molecule has 4 heterocycles. The number of amides is 1. The molecule has 9 nitrogen and oxygen atoms in total.